The van der Waals surface area contributed by atoms with Gasteiger partial charge in [-0.25, -0.2) is 0 Å². The minimum atomic E-state index is 0.646. The van der Waals surface area contributed by atoms with Gasteiger partial charge in [-0.1, -0.05) is 179 Å². The van der Waals surface area contributed by atoms with E-state index < -0.39 is 0 Å². The van der Waals surface area contributed by atoms with Crippen LogP contribution in [0.5, 0.6) is 0 Å². The average molecular weight is 529 g/mol. The molecule has 1 heteroatoms. The highest BCUT2D eigenvalue weighted by Crippen LogP contribution is 2.31. The maximum atomic E-state index is 2.49. The van der Waals surface area contributed by atoms with Gasteiger partial charge in [-0.3, -0.25) is 0 Å². The zero-order chi connectivity index (χ0) is 27.6. The van der Waals surface area contributed by atoms with Crippen LogP contribution in [0.2, 0.25) is 0 Å². The van der Waals surface area contributed by atoms with Gasteiger partial charge in [0.25, 0.3) is 0 Å². The maximum absolute atomic E-state index is 2.49. The fourth-order valence-corrected chi connectivity index (χ4v) is 6.29. The van der Waals surface area contributed by atoms with Gasteiger partial charge in [0.15, 0.2) is 0 Å². The Hall–Kier alpha value is -0.820. The van der Waals surface area contributed by atoms with Gasteiger partial charge in [-0.2, -0.15) is 0 Å². The molecule has 0 fully saturated rings. The number of nitrogens with zero attached hydrogens (tertiary/aromatic N) is 1. The van der Waals surface area contributed by atoms with Gasteiger partial charge in [-0.05, 0) is 19.3 Å². The number of unbranched alkanes of at least 4 members (excludes halogenated alkanes) is 22. The number of hydrogen-bond acceptors (Lipinski definition) is 0. The highest BCUT2D eigenvalue weighted by Gasteiger charge is 2.28. The van der Waals surface area contributed by atoms with Gasteiger partial charge in [0, 0.05) is 12.0 Å². The lowest BCUT2D eigenvalue weighted by Gasteiger charge is -2.39. The third-order valence-electron chi connectivity index (χ3n) is 8.95. The zero-order valence-corrected chi connectivity index (χ0v) is 26.8. The lowest BCUT2D eigenvalue weighted by Crippen LogP contribution is -2.44. The predicted octanol–water partition coefficient (Wildman–Crippen LogP) is 12.6. The van der Waals surface area contributed by atoms with Crippen molar-refractivity contribution in [3.63, 3.8) is 0 Å². The van der Waals surface area contributed by atoms with Crippen LogP contribution in [-0.4, -0.2) is 25.1 Å². The molecule has 0 saturated carbocycles. The Morgan fingerprint density at radius 3 is 1.18 bits per heavy atom. The van der Waals surface area contributed by atoms with E-state index in [-0.39, 0.29) is 0 Å². The Balaban J connectivity index is 2.14. The molecule has 1 nitrogen and oxygen atoms in total. The van der Waals surface area contributed by atoms with Crippen LogP contribution in [0.15, 0.2) is 30.3 Å². The smallest absolute Gasteiger partial charge is 0.114 e. The van der Waals surface area contributed by atoms with Crippen molar-refractivity contribution in [2.24, 2.45) is 0 Å². The molecule has 0 heterocycles. The fraction of sp³-hybridized carbons (Fsp3) is 0.838. The number of quaternary nitrogens is 1. The highest BCUT2D eigenvalue weighted by atomic mass is 15.3. The summed E-state index contributed by atoms with van der Waals surface area (Å²) in [6, 6.07) is 12.1. The van der Waals surface area contributed by atoms with E-state index in [1.807, 2.05) is 0 Å². The first-order valence-corrected chi connectivity index (χ1v) is 17.5. The van der Waals surface area contributed by atoms with E-state index in [0.29, 0.717) is 6.04 Å². The Morgan fingerprint density at radius 1 is 0.447 bits per heavy atom. The van der Waals surface area contributed by atoms with Crippen molar-refractivity contribution in [1.82, 2.24) is 0 Å². The van der Waals surface area contributed by atoms with Crippen molar-refractivity contribution in [2.75, 3.05) is 20.6 Å². The van der Waals surface area contributed by atoms with E-state index >= 15 is 0 Å². The lowest BCUT2D eigenvalue weighted by molar-refractivity contribution is -0.921. The number of rotatable bonds is 28. The SMILES string of the molecule is CCCCCCCCCCCCCCCCCC[N+](C)(C)C(CCCCCCCCCC)c1ccccc1. The van der Waals surface area contributed by atoms with Crippen LogP contribution in [0.4, 0.5) is 0 Å². The van der Waals surface area contributed by atoms with Gasteiger partial charge >= 0.3 is 0 Å². The van der Waals surface area contributed by atoms with E-state index in [2.05, 4.69) is 58.3 Å². The molecule has 0 bridgehead atoms. The van der Waals surface area contributed by atoms with Crippen molar-refractivity contribution in [3.8, 4) is 0 Å². The second-order valence-corrected chi connectivity index (χ2v) is 13.0. The second-order valence-electron chi connectivity index (χ2n) is 13.0. The van der Waals surface area contributed by atoms with Crippen LogP contribution in [0.25, 0.3) is 0 Å². The summed E-state index contributed by atoms with van der Waals surface area (Å²) in [4.78, 5) is 0. The highest BCUT2D eigenvalue weighted by molar-refractivity contribution is 5.17. The van der Waals surface area contributed by atoms with Crippen LogP contribution in [0.3, 0.4) is 0 Å². The Morgan fingerprint density at radius 2 is 0.789 bits per heavy atom. The predicted molar refractivity (Wildman–Crippen MR) is 173 cm³/mol. The van der Waals surface area contributed by atoms with E-state index in [9.17, 15) is 0 Å². The quantitative estimate of drug-likeness (QED) is 0.0749. The zero-order valence-electron chi connectivity index (χ0n) is 26.8. The van der Waals surface area contributed by atoms with Gasteiger partial charge in [0.05, 0.1) is 20.6 Å². The van der Waals surface area contributed by atoms with Crippen molar-refractivity contribution >= 4 is 0 Å². The normalized spacial score (nSPS) is 12.7. The summed E-state index contributed by atoms with van der Waals surface area (Å²) in [5.74, 6) is 0. The fourth-order valence-electron chi connectivity index (χ4n) is 6.29. The van der Waals surface area contributed by atoms with E-state index in [0.717, 1.165) is 4.48 Å². The summed E-state index contributed by atoms with van der Waals surface area (Å²) in [5.41, 5.74) is 1.55. The molecule has 0 amide bonds. The Kier molecular flexibility index (Phi) is 23.3. The van der Waals surface area contributed by atoms with Crippen LogP contribution in [0.1, 0.15) is 186 Å². The molecule has 0 aromatic heterocycles. The van der Waals surface area contributed by atoms with Crippen LogP contribution in [0, 0.1) is 0 Å². The number of hydrogen-bond donors (Lipinski definition) is 0. The van der Waals surface area contributed by atoms with Crippen molar-refractivity contribution in [2.45, 2.75) is 180 Å². The lowest BCUT2D eigenvalue weighted by atomic mass is 9.96. The summed E-state index contributed by atoms with van der Waals surface area (Å²) < 4.78 is 1.15. The largest absolute Gasteiger partial charge is 0.322 e. The molecule has 1 unspecified atom stereocenters. The molecule has 38 heavy (non-hydrogen) atoms. The summed E-state index contributed by atoms with van der Waals surface area (Å²) in [6.07, 6.45) is 35.8. The van der Waals surface area contributed by atoms with Gasteiger partial charge in [0.1, 0.15) is 6.04 Å². The molecule has 1 aromatic carbocycles. The van der Waals surface area contributed by atoms with Gasteiger partial charge in [-0.15, -0.1) is 0 Å². The topological polar surface area (TPSA) is 0 Å². The first kappa shape index (κ1) is 35.2. The van der Waals surface area contributed by atoms with Crippen LogP contribution in [-0.2, 0) is 0 Å². The monoisotopic (exact) mass is 529 g/mol. The first-order chi connectivity index (χ1) is 18.6. The summed E-state index contributed by atoms with van der Waals surface area (Å²) >= 11 is 0. The maximum Gasteiger partial charge on any atom is 0.114 e. The third-order valence-corrected chi connectivity index (χ3v) is 8.95. The molecule has 0 saturated heterocycles. The van der Waals surface area contributed by atoms with Crippen molar-refractivity contribution in [3.05, 3.63) is 35.9 Å². The van der Waals surface area contributed by atoms with Crippen molar-refractivity contribution < 1.29 is 4.48 Å². The molecule has 0 aliphatic carbocycles. The molecule has 1 atom stereocenters. The van der Waals surface area contributed by atoms with Crippen LogP contribution >= 0.6 is 0 Å². The van der Waals surface area contributed by atoms with E-state index in [1.54, 1.807) is 5.56 Å². The van der Waals surface area contributed by atoms with Crippen LogP contribution < -0.4 is 0 Å². The minimum Gasteiger partial charge on any atom is -0.322 e. The van der Waals surface area contributed by atoms with E-state index in [1.165, 1.54) is 167 Å². The molecular formula is C37H70N+. The Bertz CT molecular complexity index is 592. The third kappa shape index (κ3) is 19.3. The average Bonchev–Trinajstić information content (AvgIpc) is 2.92. The van der Waals surface area contributed by atoms with Crippen molar-refractivity contribution in [1.29, 1.82) is 0 Å². The first-order valence-electron chi connectivity index (χ1n) is 17.5. The molecule has 0 aliphatic heterocycles. The van der Waals surface area contributed by atoms with Gasteiger partial charge < -0.3 is 4.48 Å². The molecule has 1 aromatic rings. The molecule has 1 rings (SSSR count). The minimum absolute atomic E-state index is 0.646. The molecule has 222 valence electrons. The molecule has 0 N–H and O–H groups in total. The van der Waals surface area contributed by atoms with E-state index in [4.69, 9.17) is 0 Å². The molecular weight excluding hydrogens is 458 g/mol. The summed E-state index contributed by atoms with van der Waals surface area (Å²) in [7, 11) is 4.99. The molecule has 0 radical (unpaired) electrons. The molecule has 0 aliphatic rings. The standard InChI is InChI=1S/C37H70N/c1-5-7-9-11-13-15-16-17-18-19-20-21-22-24-26-31-35-38(3,4)37(36-32-28-27-29-33-36)34-30-25-23-14-12-10-8-6-2/h27-29,32-33,37H,5-26,30-31,34-35H2,1-4H3/q+1. The molecule has 0 spiro atoms. The summed E-state index contributed by atoms with van der Waals surface area (Å²) in [6.45, 7) is 5.93. The number of benzene rings is 1. The van der Waals surface area contributed by atoms with Gasteiger partial charge in [0.2, 0.25) is 0 Å². The summed E-state index contributed by atoms with van der Waals surface area (Å²) in [5, 5.41) is 0. The Labute approximate surface area is 241 Å². The second kappa shape index (κ2) is 25.2.